The van der Waals surface area contributed by atoms with Gasteiger partial charge in [-0.15, -0.1) is 0 Å². The second-order valence-electron chi connectivity index (χ2n) is 6.30. The van der Waals surface area contributed by atoms with E-state index in [2.05, 4.69) is 20.6 Å². The molecule has 4 aromatic rings. The predicted molar refractivity (Wildman–Crippen MR) is 111 cm³/mol. The number of nitrogens with one attached hydrogen (secondary N) is 2. The van der Waals surface area contributed by atoms with Crippen molar-refractivity contribution in [2.24, 2.45) is 0 Å². The van der Waals surface area contributed by atoms with Crippen LogP contribution in [-0.4, -0.2) is 27.1 Å². The van der Waals surface area contributed by atoms with Crippen molar-refractivity contribution in [1.29, 1.82) is 0 Å². The predicted octanol–water partition coefficient (Wildman–Crippen LogP) is 4.58. The third-order valence-corrected chi connectivity index (χ3v) is 4.60. The molecular formula is C21H17ClFN5O. The number of carbonyl (C=O) groups excluding carboxylic acids is 1. The van der Waals surface area contributed by atoms with Crippen LogP contribution in [0.3, 0.4) is 0 Å². The zero-order valence-electron chi connectivity index (χ0n) is 15.3. The van der Waals surface area contributed by atoms with Gasteiger partial charge in [0.25, 0.3) is 0 Å². The van der Waals surface area contributed by atoms with Crippen molar-refractivity contribution < 1.29 is 9.18 Å². The van der Waals surface area contributed by atoms with Crippen molar-refractivity contribution in [1.82, 2.24) is 19.9 Å². The molecule has 0 aliphatic rings. The number of aromatic nitrogens is 3. The number of benzene rings is 2. The first kappa shape index (κ1) is 18.9. The molecule has 2 aromatic carbocycles. The third-order valence-electron chi connectivity index (χ3n) is 4.31. The van der Waals surface area contributed by atoms with Crippen LogP contribution in [0.5, 0.6) is 0 Å². The fraction of sp³-hybridized carbons (Fsp3) is 0.0952. The van der Waals surface area contributed by atoms with Crippen LogP contribution in [0.25, 0.3) is 16.9 Å². The molecule has 0 saturated carbocycles. The standard InChI is InChI=1S/C21H17ClFN5O/c22-16-13-14(8-9-17(16)23)26-21(29)25-12-10-19-27-18-7-4-11-24-20(18)28(19)15-5-2-1-3-6-15/h1-9,11,13H,10,12H2,(H2,25,26,29). The molecule has 0 bridgehead atoms. The molecule has 0 saturated heterocycles. The Morgan fingerprint density at radius 3 is 2.72 bits per heavy atom. The molecule has 0 fully saturated rings. The number of hydrogen-bond acceptors (Lipinski definition) is 3. The van der Waals surface area contributed by atoms with E-state index in [9.17, 15) is 9.18 Å². The summed E-state index contributed by atoms with van der Waals surface area (Å²) in [5, 5.41) is 5.36. The van der Waals surface area contributed by atoms with E-state index in [0.29, 0.717) is 18.7 Å². The molecule has 4 rings (SSSR count). The van der Waals surface area contributed by atoms with Crippen molar-refractivity contribution in [3.63, 3.8) is 0 Å². The van der Waals surface area contributed by atoms with Crippen LogP contribution in [0.15, 0.2) is 66.9 Å². The van der Waals surface area contributed by atoms with Crippen LogP contribution in [0.1, 0.15) is 5.82 Å². The van der Waals surface area contributed by atoms with Gasteiger partial charge in [-0.25, -0.2) is 19.2 Å². The summed E-state index contributed by atoms with van der Waals surface area (Å²) in [6.07, 6.45) is 2.23. The number of carbonyl (C=O) groups is 1. The smallest absolute Gasteiger partial charge is 0.319 e. The summed E-state index contributed by atoms with van der Waals surface area (Å²) in [7, 11) is 0. The number of para-hydroxylation sites is 1. The second-order valence-corrected chi connectivity index (χ2v) is 6.71. The maximum Gasteiger partial charge on any atom is 0.319 e. The lowest BCUT2D eigenvalue weighted by Crippen LogP contribution is -2.30. The van der Waals surface area contributed by atoms with Gasteiger partial charge in [-0.1, -0.05) is 29.8 Å². The molecule has 146 valence electrons. The molecule has 2 heterocycles. The van der Waals surface area contributed by atoms with E-state index in [-0.39, 0.29) is 5.02 Å². The highest BCUT2D eigenvalue weighted by Gasteiger charge is 2.13. The summed E-state index contributed by atoms with van der Waals surface area (Å²) < 4.78 is 15.2. The first-order valence-electron chi connectivity index (χ1n) is 8.99. The van der Waals surface area contributed by atoms with Crippen LogP contribution in [0.4, 0.5) is 14.9 Å². The van der Waals surface area contributed by atoms with Gasteiger partial charge in [0, 0.05) is 30.5 Å². The maximum absolute atomic E-state index is 13.2. The van der Waals surface area contributed by atoms with E-state index < -0.39 is 11.8 Å². The molecule has 2 N–H and O–H groups in total. The molecule has 2 amide bonds. The Kier molecular flexibility index (Phi) is 5.39. The van der Waals surface area contributed by atoms with E-state index in [1.54, 1.807) is 6.20 Å². The average Bonchev–Trinajstić information content (AvgIpc) is 3.09. The van der Waals surface area contributed by atoms with E-state index in [0.717, 1.165) is 22.7 Å². The number of rotatable bonds is 5. The fourth-order valence-corrected chi connectivity index (χ4v) is 3.19. The molecule has 29 heavy (non-hydrogen) atoms. The van der Waals surface area contributed by atoms with Crippen LogP contribution >= 0.6 is 11.6 Å². The van der Waals surface area contributed by atoms with E-state index in [1.807, 2.05) is 47.0 Å². The molecule has 0 aliphatic carbocycles. The minimum atomic E-state index is -0.536. The molecule has 8 heteroatoms. The van der Waals surface area contributed by atoms with Gasteiger partial charge in [-0.3, -0.25) is 4.57 Å². The molecule has 0 spiro atoms. The van der Waals surface area contributed by atoms with E-state index in [4.69, 9.17) is 11.6 Å². The van der Waals surface area contributed by atoms with Crippen molar-refractivity contribution >= 4 is 34.5 Å². The third kappa shape index (κ3) is 4.20. The lowest BCUT2D eigenvalue weighted by atomic mass is 10.3. The molecule has 0 aliphatic heterocycles. The first-order valence-corrected chi connectivity index (χ1v) is 9.37. The minimum absolute atomic E-state index is 0.0492. The Morgan fingerprint density at radius 1 is 1.10 bits per heavy atom. The maximum atomic E-state index is 13.2. The van der Waals surface area contributed by atoms with Crippen molar-refractivity contribution in [3.05, 3.63) is 83.5 Å². The van der Waals surface area contributed by atoms with Gasteiger partial charge in [0.05, 0.1) is 5.02 Å². The number of pyridine rings is 1. The van der Waals surface area contributed by atoms with Gasteiger partial charge in [0.15, 0.2) is 5.65 Å². The Morgan fingerprint density at radius 2 is 1.93 bits per heavy atom. The second kappa shape index (κ2) is 8.28. The summed E-state index contributed by atoms with van der Waals surface area (Å²) in [6.45, 7) is 0.358. The highest BCUT2D eigenvalue weighted by molar-refractivity contribution is 6.31. The highest BCUT2D eigenvalue weighted by atomic mass is 35.5. The average molecular weight is 410 g/mol. The fourth-order valence-electron chi connectivity index (χ4n) is 3.01. The number of anilines is 1. The largest absolute Gasteiger partial charge is 0.337 e. The number of fused-ring (bicyclic) bond motifs is 1. The number of hydrogen-bond donors (Lipinski definition) is 2. The summed E-state index contributed by atoms with van der Waals surface area (Å²) >= 11 is 5.73. The lowest BCUT2D eigenvalue weighted by Gasteiger charge is -2.10. The van der Waals surface area contributed by atoms with Gasteiger partial charge < -0.3 is 10.6 Å². The first-order chi connectivity index (χ1) is 14.1. The van der Waals surface area contributed by atoms with Gasteiger partial charge in [0.1, 0.15) is 17.2 Å². The topological polar surface area (TPSA) is 71.8 Å². The lowest BCUT2D eigenvalue weighted by molar-refractivity contribution is 0.252. The van der Waals surface area contributed by atoms with E-state index >= 15 is 0 Å². The van der Waals surface area contributed by atoms with E-state index in [1.165, 1.54) is 18.2 Å². The Bertz CT molecular complexity index is 1160. The summed E-state index contributed by atoms with van der Waals surface area (Å²) in [5.41, 5.74) is 2.92. The van der Waals surface area contributed by atoms with Crippen LogP contribution in [0.2, 0.25) is 5.02 Å². The van der Waals surface area contributed by atoms with Crippen LogP contribution < -0.4 is 10.6 Å². The minimum Gasteiger partial charge on any atom is -0.337 e. The van der Waals surface area contributed by atoms with Crippen LogP contribution in [-0.2, 0) is 6.42 Å². The Labute approximate surface area is 171 Å². The number of amides is 2. The SMILES string of the molecule is O=C(NCCc1nc2cccnc2n1-c1ccccc1)Nc1ccc(F)c(Cl)c1. The molecule has 0 radical (unpaired) electrons. The highest BCUT2D eigenvalue weighted by Crippen LogP contribution is 2.20. The normalized spacial score (nSPS) is 10.8. The van der Waals surface area contributed by atoms with Gasteiger partial charge >= 0.3 is 6.03 Å². The summed E-state index contributed by atoms with van der Waals surface area (Å²) in [6, 6.07) is 17.2. The number of urea groups is 1. The van der Waals surface area contributed by atoms with Gasteiger partial charge in [0.2, 0.25) is 0 Å². The zero-order chi connectivity index (χ0) is 20.2. The monoisotopic (exact) mass is 409 g/mol. The molecule has 6 nitrogen and oxygen atoms in total. The van der Waals surface area contributed by atoms with Crippen molar-refractivity contribution in [2.75, 3.05) is 11.9 Å². The molecule has 0 atom stereocenters. The molecule has 0 unspecified atom stereocenters. The zero-order valence-corrected chi connectivity index (χ0v) is 16.0. The number of halogens is 2. The van der Waals surface area contributed by atoms with Crippen molar-refractivity contribution in [2.45, 2.75) is 6.42 Å². The van der Waals surface area contributed by atoms with Crippen molar-refractivity contribution in [3.8, 4) is 5.69 Å². The Hall–Kier alpha value is -3.45. The Balaban J connectivity index is 1.47. The number of imidazole rings is 1. The quantitative estimate of drug-likeness (QED) is 0.507. The van der Waals surface area contributed by atoms with Gasteiger partial charge in [-0.05, 0) is 42.5 Å². The summed E-state index contributed by atoms with van der Waals surface area (Å²) in [4.78, 5) is 21.2. The molecule has 2 aromatic heterocycles. The molecular weight excluding hydrogens is 393 g/mol. The van der Waals surface area contributed by atoms with Crippen LogP contribution in [0, 0.1) is 5.82 Å². The van der Waals surface area contributed by atoms with Gasteiger partial charge in [-0.2, -0.15) is 0 Å². The summed E-state index contributed by atoms with van der Waals surface area (Å²) in [5.74, 6) is 0.251. The number of nitrogens with zero attached hydrogens (tertiary/aromatic N) is 3.